The third kappa shape index (κ3) is 3.65. The summed E-state index contributed by atoms with van der Waals surface area (Å²) in [5.41, 5.74) is -3.83. The lowest BCUT2D eigenvalue weighted by atomic mass is 9.77. The molecule has 1 fully saturated rings. The predicted octanol–water partition coefficient (Wildman–Crippen LogP) is 2.81. The molecule has 0 bridgehead atoms. The van der Waals surface area contributed by atoms with Gasteiger partial charge in [-0.2, -0.15) is 13.2 Å². The highest BCUT2D eigenvalue weighted by atomic mass is 19.4. The third-order valence-corrected chi connectivity index (χ3v) is 4.92. The van der Waals surface area contributed by atoms with Crippen LogP contribution in [0.3, 0.4) is 0 Å². The zero-order valence-corrected chi connectivity index (χ0v) is 16.0. The Bertz CT molecular complexity index is 951. The number of benzene rings is 2. The average Bonchev–Trinajstić information content (AvgIpc) is 2.72. The first-order valence-corrected chi connectivity index (χ1v) is 8.81. The minimum absolute atomic E-state index is 0.0451. The first kappa shape index (κ1) is 21.4. The van der Waals surface area contributed by atoms with Crippen LogP contribution in [-0.4, -0.2) is 43.0 Å². The summed E-state index contributed by atoms with van der Waals surface area (Å²) < 4.78 is 52.2. The van der Waals surface area contributed by atoms with Gasteiger partial charge in [-0.15, -0.1) is 0 Å². The third-order valence-electron chi connectivity index (χ3n) is 4.92. The molecule has 30 heavy (non-hydrogen) atoms. The molecule has 10 heteroatoms. The van der Waals surface area contributed by atoms with Gasteiger partial charge >= 0.3 is 12.2 Å². The van der Waals surface area contributed by atoms with Gasteiger partial charge in [-0.3, -0.25) is 4.79 Å². The van der Waals surface area contributed by atoms with E-state index in [1.54, 1.807) is 6.07 Å². The molecule has 1 saturated heterocycles. The maximum absolute atomic E-state index is 13.9. The second-order valence-electron chi connectivity index (χ2n) is 6.66. The Balaban J connectivity index is 2.23. The van der Waals surface area contributed by atoms with Gasteiger partial charge in [0.15, 0.2) is 5.78 Å². The topological polar surface area (TPSA) is 96.9 Å². The first-order valence-electron chi connectivity index (χ1n) is 8.81. The number of hydrogen-bond acceptors (Lipinski definition) is 5. The van der Waals surface area contributed by atoms with Crippen molar-refractivity contribution in [1.82, 2.24) is 10.6 Å². The fraction of sp³-hybridized carbons (Fsp3) is 0.300. The zero-order valence-electron chi connectivity index (χ0n) is 16.0. The average molecular weight is 424 g/mol. The summed E-state index contributed by atoms with van der Waals surface area (Å²) in [6.45, 7) is 0. The molecule has 3 atom stereocenters. The predicted molar refractivity (Wildman–Crippen MR) is 99.2 cm³/mol. The molecule has 0 saturated carbocycles. The van der Waals surface area contributed by atoms with Crippen LogP contribution in [0, 0.1) is 5.92 Å². The van der Waals surface area contributed by atoms with Crippen LogP contribution in [0.4, 0.5) is 18.0 Å². The van der Waals surface area contributed by atoms with Crippen molar-refractivity contribution in [3.63, 3.8) is 0 Å². The lowest BCUT2D eigenvalue weighted by Crippen LogP contribution is -2.72. The molecule has 160 valence electrons. The summed E-state index contributed by atoms with van der Waals surface area (Å²) in [6, 6.07) is 8.64. The highest BCUT2D eigenvalue weighted by Crippen LogP contribution is 2.46. The van der Waals surface area contributed by atoms with Gasteiger partial charge in [0, 0.05) is 11.1 Å². The van der Waals surface area contributed by atoms with Crippen LogP contribution in [0.25, 0.3) is 0 Å². The number of urea groups is 1. The second-order valence-corrected chi connectivity index (χ2v) is 6.66. The van der Waals surface area contributed by atoms with Gasteiger partial charge < -0.3 is 25.2 Å². The quantitative estimate of drug-likeness (QED) is 0.642. The van der Waals surface area contributed by atoms with Crippen molar-refractivity contribution < 1.29 is 37.3 Å². The van der Waals surface area contributed by atoms with Crippen LogP contribution in [-0.2, 0) is 0 Å². The van der Waals surface area contributed by atoms with Crippen LogP contribution in [0.5, 0.6) is 11.5 Å². The lowest BCUT2D eigenvalue weighted by molar-refractivity contribution is -0.287. The van der Waals surface area contributed by atoms with Gasteiger partial charge in [0.1, 0.15) is 17.4 Å². The van der Waals surface area contributed by atoms with Crippen molar-refractivity contribution in [2.45, 2.75) is 17.9 Å². The van der Waals surface area contributed by atoms with E-state index < -0.39 is 35.7 Å². The second kappa shape index (κ2) is 7.86. The number of ether oxygens (including phenoxy) is 2. The maximum atomic E-state index is 13.9. The van der Waals surface area contributed by atoms with E-state index in [-0.39, 0.29) is 22.6 Å². The van der Waals surface area contributed by atoms with Crippen LogP contribution in [0.2, 0.25) is 0 Å². The van der Waals surface area contributed by atoms with E-state index in [1.807, 2.05) is 0 Å². The van der Waals surface area contributed by atoms with Gasteiger partial charge in [0.2, 0.25) is 5.72 Å². The first-order chi connectivity index (χ1) is 14.1. The number of ketones is 1. The Labute approximate surface area is 169 Å². The Morgan fingerprint density at radius 3 is 2.33 bits per heavy atom. The van der Waals surface area contributed by atoms with Crippen molar-refractivity contribution in [2.75, 3.05) is 14.2 Å². The molecule has 2 aromatic carbocycles. The number of methoxy groups -OCH3 is 2. The highest BCUT2D eigenvalue weighted by molar-refractivity contribution is 6.00. The van der Waals surface area contributed by atoms with E-state index in [0.29, 0.717) is 0 Å². The van der Waals surface area contributed by atoms with Crippen molar-refractivity contribution >= 4 is 11.8 Å². The number of hydrogen-bond donors (Lipinski definition) is 3. The van der Waals surface area contributed by atoms with Crippen molar-refractivity contribution in [3.8, 4) is 11.5 Å². The fourth-order valence-electron chi connectivity index (χ4n) is 3.46. The number of carbonyl (C=O) groups is 2. The Hall–Kier alpha value is -3.27. The molecule has 0 spiro atoms. The van der Waals surface area contributed by atoms with Crippen molar-refractivity contribution in [2.24, 2.45) is 5.92 Å². The molecule has 3 N–H and O–H groups in total. The monoisotopic (exact) mass is 424 g/mol. The van der Waals surface area contributed by atoms with Gasteiger partial charge in [0.05, 0.1) is 20.3 Å². The summed E-state index contributed by atoms with van der Waals surface area (Å²) in [7, 11) is 2.64. The number of aliphatic hydroxyl groups is 1. The van der Waals surface area contributed by atoms with Gasteiger partial charge in [-0.25, -0.2) is 4.79 Å². The molecule has 0 radical (unpaired) electrons. The van der Waals surface area contributed by atoms with E-state index in [0.717, 1.165) is 0 Å². The number of rotatable bonds is 5. The smallest absolute Gasteiger partial charge is 0.437 e. The number of Topliss-reactive ketones (excluding diaryl/α,β-unsaturated/α-hetero) is 1. The fourth-order valence-corrected chi connectivity index (χ4v) is 3.46. The summed E-state index contributed by atoms with van der Waals surface area (Å²) >= 11 is 0. The summed E-state index contributed by atoms with van der Waals surface area (Å²) in [5.74, 6) is -2.80. The number of nitrogens with one attached hydrogen (secondary N) is 2. The van der Waals surface area contributed by atoms with E-state index in [9.17, 15) is 27.9 Å². The lowest BCUT2D eigenvalue weighted by Gasteiger charge is -2.45. The van der Waals surface area contributed by atoms with Crippen LogP contribution < -0.4 is 20.1 Å². The standard InChI is InChI=1S/C20H19F3N2O5/c1-29-12-8-9-14(30-2)13(10-12)16-15(17(26)11-6-4-3-5-7-11)19(28,20(21,22)23)25-18(27)24-16/h3-10,15-16,28H,1-2H3,(H2,24,25,27)/t15-,16+,19-/m0/s1. The molecule has 0 aliphatic carbocycles. The summed E-state index contributed by atoms with van der Waals surface area (Å²) in [6.07, 6.45) is -5.34. The molecular formula is C20H19F3N2O5. The minimum atomic E-state index is -5.34. The largest absolute Gasteiger partial charge is 0.497 e. The van der Waals surface area contributed by atoms with Gasteiger partial charge in [-0.05, 0) is 18.2 Å². The molecule has 0 aromatic heterocycles. The van der Waals surface area contributed by atoms with Crippen LogP contribution in [0.1, 0.15) is 22.0 Å². The molecule has 7 nitrogen and oxygen atoms in total. The molecule has 1 aliphatic heterocycles. The SMILES string of the molecule is COc1ccc(OC)c([C@H]2NC(=O)N[C@@](O)(C(F)(F)F)[C@@H]2C(=O)c2ccccc2)c1. The normalized spacial score (nSPS) is 23.9. The number of amides is 2. The highest BCUT2D eigenvalue weighted by Gasteiger charge is 2.66. The van der Waals surface area contributed by atoms with E-state index in [2.05, 4.69) is 5.32 Å². The zero-order chi connectivity index (χ0) is 22.1. The molecule has 3 rings (SSSR count). The molecule has 1 heterocycles. The van der Waals surface area contributed by atoms with Crippen molar-refractivity contribution in [3.05, 3.63) is 59.7 Å². The Kier molecular flexibility index (Phi) is 5.62. The van der Waals surface area contributed by atoms with Gasteiger partial charge in [-0.1, -0.05) is 30.3 Å². The van der Waals surface area contributed by atoms with Crippen molar-refractivity contribution in [1.29, 1.82) is 0 Å². The van der Waals surface area contributed by atoms with Crippen LogP contribution >= 0.6 is 0 Å². The molecule has 1 aliphatic rings. The summed E-state index contributed by atoms with van der Waals surface area (Å²) in [4.78, 5) is 25.3. The van der Waals surface area contributed by atoms with E-state index >= 15 is 0 Å². The molecule has 2 aromatic rings. The molecular weight excluding hydrogens is 405 g/mol. The Morgan fingerprint density at radius 2 is 1.77 bits per heavy atom. The maximum Gasteiger partial charge on any atom is 0.437 e. The number of alkyl halides is 3. The van der Waals surface area contributed by atoms with E-state index in [1.165, 1.54) is 62.0 Å². The minimum Gasteiger partial charge on any atom is -0.497 e. The molecule has 0 unspecified atom stereocenters. The van der Waals surface area contributed by atoms with E-state index in [4.69, 9.17) is 9.47 Å². The molecule has 2 amide bonds. The Morgan fingerprint density at radius 1 is 1.10 bits per heavy atom. The van der Waals surface area contributed by atoms with Gasteiger partial charge in [0.25, 0.3) is 0 Å². The summed E-state index contributed by atoms with van der Waals surface area (Å²) in [5, 5.41) is 14.4. The number of carbonyl (C=O) groups excluding carboxylic acids is 2. The number of halogens is 3. The van der Waals surface area contributed by atoms with Crippen LogP contribution in [0.15, 0.2) is 48.5 Å².